The predicted octanol–water partition coefficient (Wildman–Crippen LogP) is 4.49. The lowest BCUT2D eigenvalue weighted by Crippen LogP contribution is -2.39. The first-order chi connectivity index (χ1) is 13.7. The van der Waals surface area contributed by atoms with Crippen molar-refractivity contribution in [2.75, 3.05) is 12.3 Å². The summed E-state index contributed by atoms with van der Waals surface area (Å²) in [6.07, 6.45) is -4.49. The van der Waals surface area contributed by atoms with Crippen molar-refractivity contribution < 1.29 is 22.4 Å². The van der Waals surface area contributed by atoms with Gasteiger partial charge in [-0.05, 0) is 19.4 Å². The molecule has 154 valence electrons. The minimum atomic E-state index is -4.49. The fourth-order valence-corrected chi connectivity index (χ4v) is 4.06. The molecule has 0 atom stereocenters. The van der Waals surface area contributed by atoms with Crippen LogP contribution in [0.4, 0.5) is 13.2 Å². The molecule has 3 aromatic rings. The maximum absolute atomic E-state index is 12.9. The van der Waals surface area contributed by atoms with E-state index in [2.05, 4.69) is 15.2 Å². The molecule has 0 spiro atoms. The molecule has 3 rings (SSSR count). The highest BCUT2D eigenvalue weighted by atomic mass is 32.2. The third kappa shape index (κ3) is 6.04. The summed E-state index contributed by atoms with van der Waals surface area (Å²) >= 11 is 2.31. The summed E-state index contributed by atoms with van der Waals surface area (Å²) in [5, 5.41) is 8.77. The van der Waals surface area contributed by atoms with E-state index in [9.17, 15) is 18.0 Å². The Morgan fingerprint density at radius 2 is 1.93 bits per heavy atom. The molecule has 1 aromatic carbocycles. The number of thiazole rings is 1. The van der Waals surface area contributed by atoms with E-state index in [1.54, 1.807) is 30.3 Å². The standard InChI is InChI=1S/C18H17F3N4O2S2/c1-11-15(29-12(2)22-11)16-23-24-17(27-16)28-9-14(26)25(10-18(19,20)21)8-13-6-4-3-5-7-13/h3-7H,8-10H2,1-2H3. The first kappa shape index (κ1) is 21.3. The minimum Gasteiger partial charge on any atom is -0.410 e. The van der Waals surface area contributed by atoms with E-state index in [0.717, 1.165) is 32.2 Å². The Morgan fingerprint density at radius 3 is 2.55 bits per heavy atom. The molecule has 1 amide bonds. The van der Waals surface area contributed by atoms with Gasteiger partial charge in [0.15, 0.2) is 0 Å². The molecule has 0 saturated carbocycles. The van der Waals surface area contributed by atoms with Crippen molar-refractivity contribution in [2.24, 2.45) is 0 Å². The van der Waals surface area contributed by atoms with Crippen LogP contribution < -0.4 is 0 Å². The normalized spacial score (nSPS) is 11.6. The van der Waals surface area contributed by atoms with E-state index in [0.29, 0.717) is 5.56 Å². The van der Waals surface area contributed by atoms with Crippen LogP contribution in [0.1, 0.15) is 16.3 Å². The number of hydrogen-bond donors (Lipinski definition) is 0. The molecular formula is C18H17F3N4O2S2. The van der Waals surface area contributed by atoms with Crippen LogP contribution in [0.15, 0.2) is 40.0 Å². The Bertz CT molecular complexity index is 973. The summed E-state index contributed by atoms with van der Waals surface area (Å²) in [5.41, 5.74) is 1.37. The molecule has 2 aromatic heterocycles. The second-order valence-corrected chi connectivity index (χ2v) is 8.29. The average Bonchev–Trinajstić information content (AvgIpc) is 3.24. The highest BCUT2D eigenvalue weighted by Gasteiger charge is 2.33. The van der Waals surface area contributed by atoms with Gasteiger partial charge in [0.1, 0.15) is 11.4 Å². The Morgan fingerprint density at radius 1 is 1.21 bits per heavy atom. The number of nitrogens with zero attached hydrogens (tertiary/aromatic N) is 4. The van der Waals surface area contributed by atoms with Crippen LogP contribution in [0.5, 0.6) is 0 Å². The Labute approximate surface area is 173 Å². The zero-order valence-electron chi connectivity index (χ0n) is 15.6. The largest absolute Gasteiger partial charge is 0.410 e. The van der Waals surface area contributed by atoms with Crippen molar-refractivity contribution in [1.29, 1.82) is 0 Å². The van der Waals surface area contributed by atoms with Crippen molar-refractivity contribution in [2.45, 2.75) is 31.8 Å². The lowest BCUT2D eigenvalue weighted by atomic mass is 10.2. The minimum absolute atomic E-state index is 0.116. The smallest absolute Gasteiger partial charge is 0.406 e. The predicted molar refractivity (Wildman–Crippen MR) is 104 cm³/mol. The fourth-order valence-electron chi connectivity index (χ4n) is 2.56. The van der Waals surface area contributed by atoms with Gasteiger partial charge in [-0.1, -0.05) is 42.1 Å². The number of halogens is 3. The van der Waals surface area contributed by atoms with Crippen molar-refractivity contribution >= 4 is 29.0 Å². The lowest BCUT2D eigenvalue weighted by Gasteiger charge is -2.23. The molecule has 0 bridgehead atoms. The molecule has 0 aliphatic rings. The molecule has 0 N–H and O–H groups in total. The summed E-state index contributed by atoms with van der Waals surface area (Å²) in [5.74, 6) is -0.633. The molecule has 0 saturated heterocycles. The van der Waals surface area contributed by atoms with E-state index >= 15 is 0 Å². The highest BCUT2D eigenvalue weighted by Crippen LogP contribution is 2.30. The van der Waals surface area contributed by atoms with Gasteiger partial charge >= 0.3 is 6.18 Å². The van der Waals surface area contributed by atoms with E-state index < -0.39 is 18.6 Å². The number of alkyl halides is 3. The summed E-state index contributed by atoms with van der Waals surface area (Å²) in [6, 6.07) is 8.53. The van der Waals surface area contributed by atoms with Crippen molar-refractivity contribution in [3.8, 4) is 10.8 Å². The fraction of sp³-hybridized carbons (Fsp3) is 0.333. The number of aromatic nitrogens is 3. The second kappa shape index (κ2) is 8.95. The van der Waals surface area contributed by atoms with Crippen molar-refractivity contribution in [1.82, 2.24) is 20.1 Å². The highest BCUT2D eigenvalue weighted by molar-refractivity contribution is 7.99. The molecular weight excluding hydrogens is 425 g/mol. The van der Waals surface area contributed by atoms with Crippen LogP contribution in [0.3, 0.4) is 0 Å². The van der Waals surface area contributed by atoms with Gasteiger partial charge in [-0.25, -0.2) is 4.98 Å². The molecule has 2 heterocycles. The van der Waals surface area contributed by atoms with E-state index in [4.69, 9.17) is 4.42 Å². The number of aryl methyl sites for hydroxylation is 2. The van der Waals surface area contributed by atoms with E-state index in [1.807, 2.05) is 13.8 Å². The van der Waals surface area contributed by atoms with Crippen LogP contribution in [0.2, 0.25) is 0 Å². The quantitative estimate of drug-likeness (QED) is 0.502. The number of thioether (sulfide) groups is 1. The maximum atomic E-state index is 12.9. The average molecular weight is 442 g/mol. The van der Waals surface area contributed by atoms with Gasteiger partial charge in [0.05, 0.1) is 16.5 Å². The molecule has 0 unspecified atom stereocenters. The van der Waals surface area contributed by atoms with Crippen molar-refractivity contribution in [3.63, 3.8) is 0 Å². The Balaban J connectivity index is 1.66. The van der Waals surface area contributed by atoms with Crippen LogP contribution in [0.25, 0.3) is 10.8 Å². The van der Waals surface area contributed by atoms with E-state index in [-0.39, 0.29) is 23.4 Å². The third-order valence-corrected chi connectivity index (χ3v) is 5.63. The summed E-state index contributed by atoms with van der Waals surface area (Å²) in [7, 11) is 0. The molecule has 0 fully saturated rings. The number of rotatable bonds is 7. The monoisotopic (exact) mass is 442 g/mol. The zero-order chi connectivity index (χ0) is 21.0. The van der Waals surface area contributed by atoms with Crippen LogP contribution in [0, 0.1) is 13.8 Å². The number of benzene rings is 1. The van der Waals surface area contributed by atoms with Crippen LogP contribution in [-0.2, 0) is 11.3 Å². The lowest BCUT2D eigenvalue weighted by molar-refractivity contribution is -0.160. The maximum Gasteiger partial charge on any atom is 0.406 e. The van der Waals surface area contributed by atoms with Crippen molar-refractivity contribution in [3.05, 3.63) is 46.6 Å². The first-order valence-electron chi connectivity index (χ1n) is 8.50. The number of carbonyl (C=O) groups excluding carboxylic acids is 1. The van der Waals surface area contributed by atoms with Crippen LogP contribution in [-0.4, -0.2) is 44.5 Å². The number of carbonyl (C=O) groups is 1. The Kier molecular flexibility index (Phi) is 6.58. The second-order valence-electron chi connectivity index (χ2n) is 6.16. The molecule has 29 heavy (non-hydrogen) atoms. The topological polar surface area (TPSA) is 72.1 Å². The van der Waals surface area contributed by atoms with Crippen LogP contribution >= 0.6 is 23.1 Å². The molecule has 0 aliphatic heterocycles. The van der Waals surface area contributed by atoms with Gasteiger partial charge < -0.3 is 9.32 Å². The zero-order valence-corrected chi connectivity index (χ0v) is 17.2. The van der Waals surface area contributed by atoms with Gasteiger partial charge in [0, 0.05) is 6.54 Å². The van der Waals surface area contributed by atoms with Gasteiger partial charge in [-0.2, -0.15) is 13.2 Å². The van der Waals surface area contributed by atoms with Gasteiger partial charge in [0.2, 0.25) is 5.91 Å². The van der Waals surface area contributed by atoms with Gasteiger partial charge in [0.25, 0.3) is 11.1 Å². The summed E-state index contributed by atoms with van der Waals surface area (Å²) < 4.78 is 44.3. The molecule has 0 aliphatic carbocycles. The number of hydrogen-bond acceptors (Lipinski definition) is 7. The molecule has 11 heteroatoms. The third-order valence-electron chi connectivity index (χ3n) is 3.76. The molecule has 6 nitrogen and oxygen atoms in total. The SMILES string of the molecule is Cc1nc(C)c(-c2nnc(SCC(=O)N(Cc3ccccc3)CC(F)(F)F)o2)s1. The first-order valence-corrected chi connectivity index (χ1v) is 10.3. The van der Waals surface area contributed by atoms with Gasteiger partial charge in [-0.15, -0.1) is 21.5 Å². The summed E-state index contributed by atoms with van der Waals surface area (Å²) in [6.45, 7) is 2.22. The summed E-state index contributed by atoms with van der Waals surface area (Å²) in [4.78, 5) is 18.2. The van der Waals surface area contributed by atoms with Gasteiger partial charge in [-0.3, -0.25) is 4.79 Å². The molecule has 0 radical (unpaired) electrons. The Hall–Kier alpha value is -2.40. The number of amides is 1. The van der Waals surface area contributed by atoms with E-state index in [1.165, 1.54) is 11.3 Å².